The summed E-state index contributed by atoms with van der Waals surface area (Å²) in [5.41, 5.74) is 7.26. The van der Waals surface area contributed by atoms with Crippen molar-refractivity contribution in [1.82, 2.24) is 4.57 Å². The van der Waals surface area contributed by atoms with Crippen molar-refractivity contribution in [3.8, 4) is 16.8 Å². The summed E-state index contributed by atoms with van der Waals surface area (Å²) in [4.78, 5) is 0. The molecule has 3 aromatic carbocycles. The SMILES string of the molecule is C=C/C=C\c1cc2cc(C)ccc2n1-c1ccc(-c2ccccc2)cc1. The van der Waals surface area contributed by atoms with Crippen LogP contribution in [0.3, 0.4) is 0 Å². The molecule has 1 heterocycles. The average Bonchev–Trinajstić information content (AvgIpc) is 3.04. The van der Waals surface area contributed by atoms with E-state index in [-0.39, 0.29) is 0 Å². The summed E-state index contributed by atoms with van der Waals surface area (Å²) >= 11 is 0. The highest BCUT2D eigenvalue weighted by Crippen LogP contribution is 2.28. The van der Waals surface area contributed by atoms with Gasteiger partial charge in [0.25, 0.3) is 0 Å². The lowest BCUT2D eigenvalue weighted by atomic mass is 10.1. The van der Waals surface area contributed by atoms with Crippen molar-refractivity contribution >= 4 is 17.0 Å². The Morgan fingerprint density at radius 3 is 2.27 bits per heavy atom. The van der Waals surface area contributed by atoms with Crippen LogP contribution in [0.15, 0.2) is 97.6 Å². The van der Waals surface area contributed by atoms with Gasteiger partial charge in [-0.3, -0.25) is 0 Å². The highest BCUT2D eigenvalue weighted by Gasteiger charge is 2.09. The molecule has 0 radical (unpaired) electrons. The lowest BCUT2D eigenvalue weighted by molar-refractivity contribution is 1.11. The monoisotopic (exact) mass is 335 g/mol. The largest absolute Gasteiger partial charge is 0.310 e. The number of aryl methyl sites for hydroxylation is 1. The van der Waals surface area contributed by atoms with E-state index in [4.69, 9.17) is 0 Å². The molecule has 0 aliphatic carbocycles. The predicted octanol–water partition coefficient (Wildman–Crippen LogP) is 6.81. The Morgan fingerprint density at radius 2 is 1.54 bits per heavy atom. The lowest BCUT2D eigenvalue weighted by Crippen LogP contribution is -1.96. The summed E-state index contributed by atoms with van der Waals surface area (Å²) in [7, 11) is 0. The fourth-order valence-electron chi connectivity index (χ4n) is 3.37. The van der Waals surface area contributed by atoms with Crippen LogP contribution in [0, 0.1) is 6.92 Å². The zero-order valence-corrected chi connectivity index (χ0v) is 14.9. The van der Waals surface area contributed by atoms with Crippen LogP contribution >= 0.6 is 0 Å². The topological polar surface area (TPSA) is 4.93 Å². The summed E-state index contributed by atoms with van der Waals surface area (Å²) in [5, 5.41) is 1.25. The second-order valence-corrected chi connectivity index (χ2v) is 6.47. The van der Waals surface area contributed by atoms with Crippen LogP contribution < -0.4 is 0 Å². The smallest absolute Gasteiger partial charge is 0.0534 e. The van der Waals surface area contributed by atoms with Gasteiger partial charge < -0.3 is 4.57 Å². The Labute approximate surface area is 154 Å². The van der Waals surface area contributed by atoms with Crippen molar-refractivity contribution in [2.24, 2.45) is 0 Å². The van der Waals surface area contributed by atoms with E-state index in [1.807, 2.05) is 18.2 Å². The van der Waals surface area contributed by atoms with Gasteiger partial charge >= 0.3 is 0 Å². The molecule has 0 unspecified atom stereocenters. The molecule has 0 saturated carbocycles. The first-order chi connectivity index (χ1) is 12.8. The Morgan fingerprint density at radius 1 is 0.808 bits per heavy atom. The fourth-order valence-corrected chi connectivity index (χ4v) is 3.37. The molecule has 0 saturated heterocycles. The first kappa shape index (κ1) is 16.2. The van der Waals surface area contributed by atoms with Crippen LogP contribution in [0.4, 0.5) is 0 Å². The van der Waals surface area contributed by atoms with E-state index in [0.717, 1.165) is 11.4 Å². The molecule has 0 amide bonds. The summed E-state index contributed by atoms with van der Waals surface area (Å²) in [6.45, 7) is 5.92. The minimum absolute atomic E-state index is 1.15. The van der Waals surface area contributed by atoms with Crippen molar-refractivity contribution in [1.29, 1.82) is 0 Å². The van der Waals surface area contributed by atoms with E-state index in [1.165, 1.54) is 27.6 Å². The summed E-state index contributed by atoms with van der Waals surface area (Å²) < 4.78 is 2.30. The Kier molecular flexibility index (Phi) is 4.28. The van der Waals surface area contributed by atoms with Gasteiger partial charge in [-0.2, -0.15) is 0 Å². The van der Waals surface area contributed by atoms with Gasteiger partial charge in [-0.15, -0.1) is 0 Å². The highest BCUT2D eigenvalue weighted by atomic mass is 15.0. The van der Waals surface area contributed by atoms with Gasteiger partial charge in [0.2, 0.25) is 0 Å². The molecule has 26 heavy (non-hydrogen) atoms. The third-order valence-corrected chi connectivity index (χ3v) is 4.62. The molecular formula is C25H21N. The molecule has 0 N–H and O–H groups in total. The van der Waals surface area contributed by atoms with Gasteiger partial charge in [0.05, 0.1) is 5.52 Å². The Bertz CT molecular complexity index is 1080. The number of hydrogen-bond donors (Lipinski definition) is 0. The van der Waals surface area contributed by atoms with E-state index in [9.17, 15) is 0 Å². The van der Waals surface area contributed by atoms with Crippen LogP contribution in [0.5, 0.6) is 0 Å². The minimum Gasteiger partial charge on any atom is -0.310 e. The maximum atomic E-state index is 3.80. The maximum Gasteiger partial charge on any atom is 0.0534 e. The molecular weight excluding hydrogens is 314 g/mol. The number of benzene rings is 3. The van der Waals surface area contributed by atoms with Crippen LogP contribution in [-0.2, 0) is 0 Å². The zero-order valence-electron chi connectivity index (χ0n) is 14.9. The maximum absolute atomic E-state index is 3.80. The number of allylic oxidation sites excluding steroid dienone is 2. The van der Waals surface area contributed by atoms with Crippen molar-refractivity contribution in [2.45, 2.75) is 6.92 Å². The van der Waals surface area contributed by atoms with Crippen LogP contribution in [0.2, 0.25) is 0 Å². The van der Waals surface area contributed by atoms with Crippen LogP contribution in [-0.4, -0.2) is 4.57 Å². The summed E-state index contributed by atoms with van der Waals surface area (Å²) in [6.07, 6.45) is 5.90. The first-order valence-corrected chi connectivity index (χ1v) is 8.83. The molecule has 0 bridgehead atoms. The fraction of sp³-hybridized carbons (Fsp3) is 0.0400. The average molecular weight is 335 g/mol. The molecule has 4 rings (SSSR count). The van der Waals surface area contributed by atoms with E-state index >= 15 is 0 Å². The molecule has 0 aliphatic rings. The molecule has 4 aromatic rings. The Hall–Kier alpha value is -3.32. The standard InChI is InChI=1S/C25H21N/c1-3-4-10-24-18-22-17-19(2)11-16-25(22)26(24)23-14-12-21(13-15-23)20-8-6-5-7-9-20/h3-18H,1H2,2H3/b10-4-. The van der Waals surface area contributed by atoms with Gasteiger partial charge in [0, 0.05) is 16.8 Å². The molecule has 0 fully saturated rings. The van der Waals surface area contributed by atoms with Gasteiger partial charge in [-0.25, -0.2) is 0 Å². The summed E-state index contributed by atoms with van der Waals surface area (Å²) in [5.74, 6) is 0. The second kappa shape index (κ2) is 6.89. The molecule has 1 heteroatoms. The van der Waals surface area contributed by atoms with Gasteiger partial charge in [-0.05, 0) is 54.5 Å². The van der Waals surface area contributed by atoms with E-state index in [1.54, 1.807) is 0 Å². The van der Waals surface area contributed by atoms with Crippen molar-refractivity contribution in [3.05, 3.63) is 109 Å². The summed E-state index contributed by atoms with van der Waals surface area (Å²) in [6, 6.07) is 28.0. The molecule has 0 spiro atoms. The molecule has 1 nitrogen and oxygen atoms in total. The normalized spacial score (nSPS) is 11.3. The van der Waals surface area contributed by atoms with E-state index in [0.29, 0.717) is 0 Å². The van der Waals surface area contributed by atoms with Crippen LogP contribution in [0.1, 0.15) is 11.3 Å². The molecule has 1 aromatic heterocycles. The number of hydrogen-bond acceptors (Lipinski definition) is 0. The molecule has 0 aliphatic heterocycles. The van der Waals surface area contributed by atoms with Crippen molar-refractivity contribution < 1.29 is 0 Å². The first-order valence-electron chi connectivity index (χ1n) is 8.83. The van der Waals surface area contributed by atoms with Crippen molar-refractivity contribution in [2.75, 3.05) is 0 Å². The minimum atomic E-state index is 1.15. The number of nitrogens with zero attached hydrogens (tertiary/aromatic N) is 1. The zero-order chi connectivity index (χ0) is 17.9. The van der Waals surface area contributed by atoms with Gasteiger partial charge in [-0.1, -0.05) is 72.8 Å². The van der Waals surface area contributed by atoms with E-state index in [2.05, 4.69) is 96.9 Å². The third kappa shape index (κ3) is 3.00. The molecule has 126 valence electrons. The quantitative estimate of drug-likeness (QED) is 0.361. The number of aromatic nitrogens is 1. The number of fused-ring (bicyclic) bond motifs is 1. The van der Waals surface area contributed by atoms with Crippen LogP contribution in [0.25, 0.3) is 33.8 Å². The van der Waals surface area contributed by atoms with E-state index < -0.39 is 0 Å². The van der Waals surface area contributed by atoms with Gasteiger partial charge in [0.1, 0.15) is 0 Å². The number of rotatable bonds is 4. The molecule has 0 atom stereocenters. The second-order valence-electron chi connectivity index (χ2n) is 6.47. The highest BCUT2D eigenvalue weighted by molar-refractivity contribution is 5.86. The lowest BCUT2D eigenvalue weighted by Gasteiger charge is -2.10. The predicted molar refractivity (Wildman–Crippen MR) is 113 cm³/mol. The third-order valence-electron chi connectivity index (χ3n) is 4.62. The van der Waals surface area contributed by atoms with Gasteiger partial charge in [0.15, 0.2) is 0 Å². The Balaban J connectivity index is 1.85. The van der Waals surface area contributed by atoms with Crippen molar-refractivity contribution in [3.63, 3.8) is 0 Å².